The second-order valence-electron chi connectivity index (χ2n) is 8.88. The highest BCUT2D eigenvalue weighted by molar-refractivity contribution is 5.80. The minimum absolute atomic E-state index is 0.109. The van der Waals surface area contributed by atoms with Crippen LogP contribution >= 0.6 is 0 Å². The molecule has 3 N–H and O–H groups in total. The lowest BCUT2D eigenvalue weighted by atomic mass is 9.81. The van der Waals surface area contributed by atoms with Crippen molar-refractivity contribution in [1.82, 2.24) is 5.32 Å². The van der Waals surface area contributed by atoms with E-state index in [1.54, 1.807) is 21.0 Å². The fourth-order valence-corrected chi connectivity index (χ4v) is 3.50. The molecule has 2 saturated carbocycles. The van der Waals surface area contributed by atoms with E-state index in [9.17, 15) is 4.79 Å². The van der Waals surface area contributed by atoms with Gasteiger partial charge in [0.15, 0.2) is 11.5 Å². The molecule has 1 aromatic rings. The first-order chi connectivity index (χ1) is 13.7. The standard InChI is InChI=1S/C19H27NO3.C4H10O2/c1-13-8-9-17(22-2)18(10-13)23-16-11-14(12-16)19(21)20-15-6-4-3-5-7-15;1-4(2,6)3-5/h8-10,14-16H,3-7,11-12H2,1-2H3,(H,20,21);5-6H,3H2,1-2H3. The third-order valence-electron chi connectivity index (χ3n) is 5.42. The Morgan fingerprint density at radius 2 is 1.79 bits per heavy atom. The Morgan fingerprint density at radius 3 is 2.34 bits per heavy atom. The molecule has 0 spiro atoms. The van der Waals surface area contributed by atoms with Gasteiger partial charge in [0, 0.05) is 12.0 Å². The van der Waals surface area contributed by atoms with Crippen molar-refractivity contribution >= 4 is 5.91 Å². The summed E-state index contributed by atoms with van der Waals surface area (Å²) in [4.78, 5) is 12.3. The van der Waals surface area contributed by atoms with Gasteiger partial charge in [-0.05, 0) is 64.2 Å². The van der Waals surface area contributed by atoms with Crippen molar-refractivity contribution in [2.75, 3.05) is 13.7 Å². The van der Waals surface area contributed by atoms with Gasteiger partial charge >= 0.3 is 0 Å². The number of ether oxygens (including phenoxy) is 2. The Morgan fingerprint density at radius 1 is 1.17 bits per heavy atom. The molecule has 0 aliphatic heterocycles. The van der Waals surface area contributed by atoms with Gasteiger partial charge in [0.2, 0.25) is 5.91 Å². The zero-order chi connectivity index (χ0) is 21.4. The summed E-state index contributed by atoms with van der Waals surface area (Å²) < 4.78 is 11.4. The van der Waals surface area contributed by atoms with Gasteiger partial charge in [-0.25, -0.2) is 0 Å². The molecule has 0 saturated heterocycles. The first-order valence-corrected chi connectivity index (χ1v) is 10.7. The minimum atomic E-state index is -0.903. The number of aliphatic hydroxyl groups excluding tert-OH is 1. The lowest BCUT2D eigenvalue weighted by Gasteiger charge is -2.36. The summed E-state index contributed by atoms with van der Waals surface area (Å²) >= 11 is 0. The van der Waals surface area contributed by atoms with E-state index in [0.29, 0.717) is 6.04 Å². The summed E-state index contributed by atoms with van der Waals surface area (Å²) in [7, 11) is 1.65. The van der Waals surface area contributed by atoms with Crippen molar-refractivity contribution in [1.29, 1.82) is 0 Å². The van der Waals surface area contributed by atoms with Crippen LogP contribution in [0.4, 0.5) is 0 Å². The smallest absolute Gasteiger partial charge is 0.223 e. The van der Waals surface area contributed by atoms with Crippen LogP contribution in [0, 0.1) is 12.8 Å². The van der Waals surface area contributed by atoms with Crippen LogP contribution < -0.4 is 14.8 Å². The molecule has 2 aliphatic carbocycles. The second-order valence-corrected chi connectivity index (χ2v) is 8.88. The molecule has 29 heavy (non-hydrogen) atoms. The van der Waals surface area contributed by atoms with Gasteiger partial charge in [0.1, 0.15) is 6.10 Å². The van der Waals surface area contributed by atoms with Crippen molar-refractivity contribution in [2.24, 2.45) is 5.92 Å². The molecule has 3 rings (SSSR count). The molecule has 0 radical (unpaired) electrons. The molecule has 2 aliphatic rings. The topological polar surface area (TPSA) is 88.0 Å². The predicted molar refractivity (Wildman–Crippen MR) is 113 cm³/mol. The number of nitrogens with one attached hydrogen (secondary N) is 1. The van der Waals surface area contributed by atoms with Crippen molar-refractivity contribution in [3.8, 4) is 11.5 Å². The van der Waals surface area contributed by atoms with Gasteiger partial charge in [0.25, 0.3) is 0 Å². The van der Waals surface area contributed by atoms with Gasteiger partial charge in [-0.3, -0.25) is 4.79 Å². The number of aryl methyl sites for hydroxylation is 1. The van der Waals surface area contributed by atoms with Crippen LogP contribution in [0.3, 0.4) is 0 Å². The molecular weight excluding hydrogens is 370 g/mol. The number of carbonyl (C=O) groups excluding carboxylic acids is 1. The summed E-state index contributed by atoms with van der Waals surface area (Å²) in [5.41, 5.74) is 0.242. The van der Waals surface area contributed by atoms with Crippen molar-refractivity contribution in [2.45, 2.75) is 83.5 Å². The monoisotopic (exact) mass is 407 g/mol. The van der Waals surface area contributed by atoms with Gasteiger partial charge < -0.3 is 25.0 Å². The van der Waals surface area contributed by atoms with Crippen molar-refractivity contribution < 1.29 is 24.5 Å². The van der Waals surface area contributed by atoms with Crippen LogP contribution in [0.5, 0.6) is 11.5 Å². The second kappa shape index (κ2) is 10.8. The van der Waals surface area contributed by atoms with E-state index in [0.717, 1.165) is 42.7 Å². The third-order valence-corrected chi connectivity index (χ3v) is 5.42. The van der Waals surface area contributed by atoms with Crippen molar-refractivity contribution in [3.63, 3.8) is 0 Å². The lowest BCUT2D eigenvalue weighted by molar-refractivity contribution is -0.131. The third kappa shape index (κ3) is 7.86. The van der Waals surface area contributed by atoms with Crippen LogP contribution in [0.2, 0.25) is 0 Å². The molecule has 0 unspecified atom stereocenters. The van der Waals surface area contributed by atoms with Gasteiger partial charge in [0.05, 0.1) is 19.3 Å². The van der Waals surface area contributed by atoms with E-state index in [2.05, 4.69) is 5.32 Å². The molecule has 0 aromatic heterocycles. The number of carbonyl (C=O) groups is 1. The Bertz CT molecular complexity index is 643. The molecule has 0 atom stereocenters. The highest BCUT2D eigenvalue weighted by Gasteiger charge is 2.37. The number of hydrogen-bond donors (Lipinski definition) is 3. The number of rotatable bonds is 6. The Kier molecular flexibility index (Phi) is 8.78. The number of methoxy groups -OCH3 is 1. The Labute approximate surface area is 174 Å². The van der Waals surface area contributed by atoms with Crippen LogP contribution in [0.1, 0.15) is 64.4 Å². The van der Waals surface area contributed by atoms with Crippen molar-refractivity contribution in [3.05, 3.63) is 23.8 Å². The Hall–Kier alpha value is -1.79. The minimum Gasteiger partial charge on any atom is -0.493 e. The summed E-state index contributed by atoms with van der Waals surface area (Å²) in [6.45, 7) is 4.96. The van der Waals surface area contributed by atoms with Crippen LogP contribution in [-0.4, -0.2) is 47.6 Å². The fraction of sp³-hybridized carbons (Fsp3) is 0.696. The molecule has 164 valence electrons. The highest BCUT2D eigenvalue weighted by Crippen LogP contribution is 2.36. The Balaban J connectivity index is 0.000000438. The summed E-state index contributed by atoms with van der Waals surface area (Å²) in [6.07, 6.45) is 7.80. The van der Waals surface area contributed by atoms with Gasteiger partial charge in [-0.1, -0.05) is 25.3 Å². The maximum atomic E-state index is 12.3. The summed E-state index contributed by atoms with van der Waals surface area (Å²) in [6, 6.07) is 6.32. The molecule has 2 fully saturated rings. The lowest BCUT2D eigenvalue weighted by Crippen LogP contribution is -2.47. The van der Waals surface area contributed by atoms with E-state index < -0.39 is 5.60 Å². The number of benzene rings is 1. The van der Waals surface area contributed by atoms with Gasteiger partial charge in [-0.2, -0.15) is 0 Å². The summed E-state index contributed by atoms with van der Waals surface area (Å²) in [5, 5.41) is 19.9. The normalized spacial score (nSPS) is 22.0. The quantitative estimate of drug-likeness (QED) is 0.673. The number of amides is 1. The predicted octanol–water partition coefficient (Wildman–Crippen LogP) is 3.36. The van der Waals surface area contributed by atoms with Crippen LogP contribution in [0.25, 0.3) is 0 Å². The molecule has 0 bridgehead atoms. The van der Waals surface area contributed by atoms with E-state index in [-0.39, 0.29) is 24.5 Å². The number of aliphatic hydroxyl groups is 2. The zero-order valence-electron chi connectivity index (χ0n) is 18.2. The van der Waals surface area contributed by atoms with E-state index in [4.69, 9.17) is 19.7 Å². The van der Waals surface area contributed by atoms with E-state index in [1.807, 2.05) is 25.1 Å². The molecule has 1 aromatic carbocycles. The first-order valence-electron chi connectivity index (χ1n) is 10.7. The van der Waals surface area contributed by atoms with E-state index >= 15 is 0 Å². The van der Waals surface area contributed by atoms with Gasteiger partial charge in [-0.15, -0.1) is 0 Å². The molecule has 6 nitrogen and oxygen atoms in total. The van der Waals surface area contributed by atoms with Crippen LogP contribution in [-0.2, 0) is 4.79 Å². The maximum Gasteiger partial charge on any atom is 0.223 e. The first kappa shape index (κ1) is 23.5. The molecule has 1 amide bonds. The zero-order valence-corrected chi connectivity index (χ0v) is 18.2. The summed E-state index contributed by atoms with van der Waals surface area (Å²) in [5.74, 6) is 1.86. The van der Waals surface area contributed by atoms with E-state index in [1.165, 1.54) is 19.3 Å². The molecule has 0 heterocycles. The van der Waals surface area contributed by atoms with Crippen LogP contribution in [0.15, 0.2) is 18.2 Å². The molecular formula is C23H37NO5. The average Bonchev–Trinajstić information content (AvgIpc) is 2.65. The largest absolute Gasteiger partial charge is 0.493 e. The SMILES string of the molecule is CC(C)(O)CO.COc1ccc(C)cc1OC1CC(C(=O)NC2CCCCC2)C1. The molecule has 6 heteroatoms. The fourth-order valence-electron chi connectivity index (χ4n) is 3.50. The highest BCUT2D eigenvalue weighted by atomic mass is 16.5. The number of hydrogen-bond acceptors (Lipinski definition) is 5. The maximum absolute atomic E-state index is 12.3. The average molecular weight is 408 g/mol.